The van der Waals surface area contributed by atoms with Crippen LogP contribution in [0.15, 0.2) is 48.5 Å². The van der Waals surface area contributed by atoms with Crippen molar-refractivity contribution in [3.63, 3.8) is 0 Å². The quantitative estimate of drug-likeness (QED) is 0.627. The molecule has 0 spiro atoms. The summed E-state index contributed by atoms with van der Waals surface area (Å²) >= 11 is 0. The van der Waals surface area contributed by atoms with Gasteiger partial charge < -0.3 is 20.5 Å². The van der Waals surface area contributed by atoms with Crippen LogP contribution in [0.2, 0.25) is 0 Å². The fraction of sp³-hybridized carbons (Fsp3) is 0.423. The molecule has 2 aromatic carbocycles. The van der Waals surface area contributed by atoms with Crippen molar-refractivity contribution in [2.75, 3.05) is 6.61 Å². The second kappa shape index (κ2) is 8.54. The van der Waals surface area contributed by atoms with Gasteiger partial charge in [-0.3, -0.25) is 9.59 Å². The number of hydrogen-bond acceptors (Lipinski definition) is 4. The number of benzene rings is 2. The summed E-state index contributed by atoms with van der Waals surface area (Å²) in [6, 6.07) is 15.5. The van der Waals surface area contributed by atoms with E-state index < -0.39 is 18.1 Å². The molecule has 2 fully saturated rings. The summed E-state index contributed by atoms with van der Waals surface area (Å²) < 4.78 is 5.52. The van der Waals surface area contributed by atoms with Crippen molar-refractivity contribution in [2.45, 2.75) is 44.2 Å². The van der Waals surface area contributed by atoms with Crippen molar-refractivity contribution in [1.82, 2.24) is 10.6 Å². The molecule has 7 nitrogen and oxygen atoms in total. The highest BCUT2D eigenvalue weighted by molar-refractivity contribution is 5.85. The molecule has 0 saturated heterocycles. The molecule has 2 amide bonds. The molecule has 3 aliphatic rings. The third-order valence-electron chi connectivity index (χ3n) is 7.57. The molecule has 2 saturated carbocycles. The Labute approximate surface area is 192 Å². The number of carbonyl (C=O) groups is 3. The Morgan fingerprint density at radius 1 is 1.00 bits per heavy atom. The first kappa shape index (κ1) is 21.5. The number of hydrogen-bond donors (Lipinski definition) is 3. The standard InChI is InChI=1S/C26H28N2O5/c1-14(24(29)28-23-12-15-10-16(25(30)31)11-21(15)23)27-26(32)33-13-22-19-8-4-2-6-17(19)18-7-3-5-9-20(18)22/h2-9,14-16,21-23H,10-13H2,1H3,(H,27,32)(H,28,29)(H,30,31)/t14?,15-,16?,21-,23+/m1/s1. The van der Waals surface area contributed by atoms with Gasteiger partial charge in [-0.15, -0.1) is 0 Å². The van der Waals surface area contributed by atoms with Gasteiger partial charge in [-0.1, -0.05) is 48.5 Å². The summed E-state index contributed by atoms with van der Waals surface area (Å²) in [5, 5.41) is 14.8. The second-order valence-electron chi connectivity index (χ2n) is 9.47. The van der Waals surface area contributed by atoms with Crippen molar-refractivity contribution in [3.8, 4) is 11.1 Å². The van der Waals surface area contributed by atoms with Crippen molar-refractivity contribution in [3.05, 3.63) is 59.7 Å². The van der Waals surface area contributed by atoms with Gasteiger partial charge in [0.15, 0.2) is 0 Å². The lowest BCUT2D eigenvalue weighted by Gasteiger charge is -2.41. The van der Waals surface area contributed by atoms with Gasteiger partial charge in [0.05, 0.1) is 5.92 Å². The van der Waals surface area contributed by atoms with Crippen molar-refractivity contribution in [2.24, 2.45) is 17.8 Å². The van der Waals surface area contributed by atoms with Crippen molar-refractivity contribution >= 4 is 18.0 Å². The van der Waals surface area contributed by atoms with Crippen LogP contribution in [0.3, 0.4) is 0 Å². The maximum absolute atomic E-state index is 12.6. The summed E-state index contributed by atoms with van der Waals surface area (Å²) in [5.41, 5.74) is 4.58. The largest absolute Gasteiger partial charge is 0.481 e. The van der Waals surface area contributed by atoms with E-state index in [4.69, 9.17) is 4.74 Å². The molecule has 33 heavy (non-hydrogen) atoms. The van der Waals surface area contributed by atoms with Gasteiger partial charge in [0.25, 0.3) is 0 Å². The van der Waals surface area contributed by atoms with Crippen LogP contribution in [0.4, 0.5) is 4.79 Å². The molecule has 5 rings (SSSR count). The van der Waals surface area contributed by atoms with Gasteiger partial charge in [-0.25, -0.2) is 4.79 Å². The third kappa shape index (κ3) is 3.96. The number of fused-ring (bicyclic) bond motifs is 4. The number of nitrogens with one attached hydrogen (secondary N) is 2. The fourth-order valence-electron chi connectivity index (χ4n) is 5.78. The second-order valence-corrected chi connectivity index (χ2v) is 9.47. The maximum Gasteiger partial charge on any atom is 0.407 e. The Hall–Kier alpha value is -3.35. The van der Waals surface area contributed by atoms with E-state index in [1.54, 1.807) is 6.92 Å². The number of amides is 2. The molecule has 0 radical (unpaired) electrons. The molecule has 0 heterocycles. The number of carbonyl (C=O) groups excluding carboxylic acids is 2. The lowest BCUT2D eigenvalue weighted by atomic mass is 9.71. The van der Waals surface area contributed by atoms with Gasteiger partial charge in [-0.05, 0) is 60.3 Å². The van der Waals surface area contributed by atoms with E-state index in [1.165, 1.54) is 0 Å². The molecule has 0 aliphatic heterocycles. The number of rotatable bonds is 6. The lowest BCUT2D eigenvalue weighted by Crippen LogP contribution is -2.55. The zero-order valence-electron chi connectivity index (χ0n) is 18.5. The molecule has 2 unspecified atom stereocenters. The minimum Gasteiger partial charge on any atom is -0.481 e. The van der Waals surface area contributed by atoms with E-state index >= 15 is 0 Å². The monoisotopic (exact) mass is 448 g/mol. The highest BCUT2D eigenvalue weighted by atomic mass is 16.5. The Morgan fingerprint density at radius 3 is 2.27 bits per heavy atom. The number of ether oxygens (including phenoxy) is 1. The minimum absolute atomic E-state index is 0.0152. The van der Waals surface area contributed by atoms with Crippen LogP contribution < -0.4 is 10.6 Å². The van der Waals surface area contributed by atoms with Crippen molar-refractivity contribution < 1.29 is 24.2 Å². The summed E-state index contributed by atoms with van der Waals surface area (Å²) in [4.78, 5) is 36.2. The molecule has 2 aromatic rings. The fourth-order valence-corrected chi connectivity index (χ4v) is 5.78. The highest BCUT2D eigenvalue weighted by Crippen LogP contribution is 2.49. The number of carboxylic acids is 1. The minimum atomic E-state index is -0.750. The first-order chi connectivity index (χ1) is 15.9. The predicted molar refractivity (Wildman–Crippen MR) is 122 cm³/mol. The molecule has 7 heteroatoms. The summed E-state index contributed by atoms with van der Waals surface area (Å²) in [6.45, 7) is 1.82. The van der Waals surface area contributed by atoms with Gasteiger partial charge in [0, 0.05) is 12.0 Å². The van der Waals surface area contributed by atoms with E-state index in [0.29, 0.717) is 18.8 Å². The highest BCUT2D eigenvalue weighted by Gasteiger charge is 2.50. The zero-order chi connectivity index (χ0) is 23.1. The van der Waals surface area contributed by atoms with E-state index in [0.717, 1.165) is 28.7 Å². The van der Waals surface area contributed by atoms with E-state index in [1.807, 2.05) is 24.3 Å². The SMILES string of the molecule is CC(NC(=O)OCC1c2ccccc2-c2ccccc21)C(=O)N[C@H]1C[C@H]2CC(C(=O)O)C[C@H]21. The van der Waals surface area contributed by atoms with Crippen molar-refractivity contribution in [1.29, 1.82) is 0 Å². The summed E-state index contributed by atoms with van der Waals surface area (Å²) in [6.07, 6.45) is 1.48. The van der Waals surface area contributed by atoms with E-state index in [2.05, 4.69) is 34.9 Å². The van der Waals surface area contributed by atoms with Crippen LogP contribution in [-0.4, -0.2) is 41.8 Å². The molecule has 0 bridgehead atoms. The summed E-state index contributed by atoms with van der Waals surface area (Å²) in [7, 11) is 0. The van der Waals surface area contributed by atoms with E-state index in [9.17, 15) is 19.5 Å². The average Bonchev–Trinajstić information content (AvgIpc) is 3.31. The van der Waals surface area contributed by atoms with Gasteiger partial charge in [-0.2, -0.15) is 0 Å². The normalized spacial score (nSPS) is 25.7. The summed E-state index contributed by atoms with van der Waals surface area (Å²) in [5.74, 6) is -0.772. The molecule has 5 atom stereocenters. The zero-order valence-corrected chi connectivity index (χ0v) is 18.5. The van der Waals surface area contributed by atoms with Crippen LogP contribution in [0.5, 0.6) is 0 Å². The Balaban J connectivity index is 1.13. The molecule has 172 valence electrons. The molecular weight excluding hydrogens is 420 g/mol. The number of carboxylic acid groups (broad SMARTS) is 1. The first-order valence-electron chi connectivity index (χ1n) is 11.6. The maximum atomic E-state index is 12.6. The Kier molecular flexibility index (Phi) is 5.56. The van der Waals surface area contributed by atoms with E-state index in [-0.39, 0.29) is 36.3 Å². The van der Waals surface area contributed by atoms with Crippen LogP contribution in [0.25, 0.3) is 11.1 Å². The van der Waals surface area contributed by atoms with Crippen LogP contribution >= 0.6 is 0 Å². The third-order valence-corrected chi connectivity index (χ3v) is 7.57. The molecular formula is C26H28N2O5. The average molecular weight is 449 g/mol. The van der Waals surface area contributed by atoms with Crippen LogP contribution in [0, 0.1) is 17.8 Å². The van der Waals surface area contributed by atoms with Gasteiger partial charge >= 0.3 is 12.1 Å². The Morgan fingerprint density at radius 2 is 1.64 bits per heavy atom. The molecule has 0 aromatic heterocycles. The van der Waals surface area contributed by atoms with Crippen LogP contribution in [-0.2, 0) is 14.3 Å². The van der Waals surface area contributed by atoms with Crippen LogP contribution in [0.1, 0.15) is 43.2 Å². The first-order valence-corrected chi connectivity index (χ1v) is 11.6. The molecule has 3 aliphatic carbocycles. The number of alkyl carbamates (subject to hydrolysis) is 1. The lowest BCUT2D eigenvalue weighted by molar-refractivity contribution is -0.141. The predicted octanol–water partition coefficient (Wildman–Crippen LogP) is 3.53. The topological polar surface area (TPSA) is 105 Å². The molecule has 3 N–H and O–H groups in total. The van der Waals surface area contributed by atoms with Gasteiger partial charge in [0.2, 0.25) is 5.91 Å². The Bertz CT molecular complexity index is 1050. The smallest absolute Gasteiger partial charge is 0.407 e. The number of aliphatic carboxylic acids is 1. The van der Waals surface area contributed by atoms with Gasteiger partial charge in [0.1, 0.15) is 12.6 Å².